The van der Waals surface area contributed by atoms with Gasteiger partial charge in [0, 0.05) is 12.1 Å². The summed E-state index contributed by atoms with van der Waals surface area (Å²) in [5.41, 5.74) is 1.41. The lowest BCUT2D eigenvalue weighted by molar-refractivity contribution is -0.122. The van der Waals surface area contributed by atoms with Gasteiger partial charge in [-0.15, -0.1) is 0 Å². The van der Waals surface area contributed by atoms with Crippen molar-refractivity contribution in [3.8, 4) is 11.5 Å². The van der Waals surface area contributed by atoms with E-state index in [1.807, 2.05) is 0 Å². The standard InChI is InChI=1S/C27H27N3O7S/c1-36-21-10-8-20(9-11-21)30-25(31)17-24(27(30)33)29(26(32)19-4-3-5-22(16-19)37-2)15-14-18-6-12-23(13-7-18)38(28,34)35/h3-13,16,24H,14-15,17H2,1-2H3,(H2,28,34,35). The van der Waals surface area contributed by atoms with Gasteiger partial charge >= 0.3 is 0 Å². The number of rotatable bonds is 9. The average Bonchev–Trinajstić information content (AvgIpc) is 3.21. The summed E-state index contributed by atoms with van der Waals surface area (Å²) in [5.74, 6) is -0.323. The van der Waals surface area contributed by atoms with Crippen LogP contribution in [0.1, 0.15) is 22.3 Å². The minimum Gasteiger partial charge on any atom is -0.497 e. The van der Waals surface area contributed by atoms with Crippen LogP contribution in [0, 0.1) is 0 Å². The number of methoxy groups -OCH3 is 2. The second-order valence-corrected chi connectivity index (χ2v) is 10.2. The molecule has 0 saturated carbocycles. The molecule has 3 aromatic rings. The van der Waals surface area contributed by atoms with Gasteiger partial charge in [-0.25, -0.2) is 18.5 Å². The molecule has 10 nitrogen and oxygen atoms in total. The number of primary sulfonamides is 1. The molecule has 2 N–H and O–H groups in total. The van der Waals surface area contributed by atoms with Crippen LogP contribution >= 0.6 is 0 Å². The molecule has 0 bridgehead atoms. The van der Waals surface area contributed by atoms with Crippen molar-refractivity contribution >= 4 is 33.4 Å². The molecule has 198 valence electrons. The number of amides is 3. The Kier molecular flexibility index (Phi) is 7.79. The number of anilines is 1. The molecule has 1 aliphatic rings. The lowest BCUT2D eigenvalue weighted by Gasteiger charge is -2.28. The Morgan fingerprint density at radius 1 is 0.974 bits per heavy atom. The lowest BCUT2D eigenvalue weighted by atomic mass is 10.1. The zero-order chi connectivity index (χ0) is 27.4. The van der Waals surface area contributed by atoms with Crippen molar-refractivity contribution in [3.05, 3.63) is 83.9 Å². The molecule has 0 spiro atoms. The number of carbonyl (C=O) groups excluding carboxylic acids is 3. The third kappa shape index (κ3) is 5.68. The van der Waals surface area contributed by atoms with E-state index in [4.69, 9.17) is 14.6 Å². The van der Waals surface area contributed by atoms with Crippen LogP contribution in [0.4, 0.5) is 5.69 Å². The maximum Gasteiger partial charge on any atom is 0.257 e. The zero-order valence-electron chi connectivity index (χ0n) is 20.9. The van der Waals surface area contributed by atoms with Crippen LogP contribution < -0.4 is 19.5 Å². The van der Waals surface area contributed by atoms with Gasteiger partial charge in [0.05, 0.1) is 31.2 Å². The Bertz CT molecular complexity index is 1450. The highest BCUT2D eigenvalue weighted by molar-refractivity contribution is 7.89. The van der Waals surface area contributed by atoms with E-state index < -0.39 is 33.8 Å². The number of nitrogens with two attached hydrogens (primary N) is 1. The van der Waals surface area contributed by atoms with Crippen molar-refractivity contribution in [3.63, 3.8) is 0 Å². The Labute approximate surface area is 220 Å². The van der Waals surface area contributed by atoms with Crippen LogP contribution in [0.5, 0.6) is 11.5 Å². The summed E-state index contributed by atoms with van der Waals surface area (Å²) in [4.78, 5) is 42.6. The highest BCUT2D eigenvalue weighted by Gasteiger charge is 2.44. The maximum atomic E-state index is 13.7. The lowest BCUT2D eigenvalue weighted by Crippen LogP contribution is -2.46. The number of nitrogens with zero attached hydrogens (tertiary/aromatic N) is 2. The molecule has 0 radical (unpaired) electrons. The van der Waals surface area contributed by atoms with E-state index in [0.29, 0.717) is 29.2 Å². The number of benzene rings is 3. The average molecular weight is 538 g/mol. The molecule has 0 aromatic heterocycles. The summed E-state index contributed by atoms with van der Waals surface area (Å²) in [6.07, 6.45) is 0.131. The van der Waals surface area contributed by atoms with Gasteiger partial charge in [-0.3, -0.25) is 14.4 Å². The van der Waals surface area contributed by atoms with Crippen molar-refractivity contribution in [2.75, 3.05) is 25.7 Å². The van der Waals surface area contributed by atoms with Gasteiger partial charge in [-0.05, 0) is 66.6 Å². The molecule has 11 heteroatoms. The fourth-order valence-electron chi connectivity index (χ4n) is 4.28. The predicted octanol–water partition coefficient (Wildman–Crippen LogP) is 2.37. The molecular formula is C27H27N3O7S. The van der Waals surface area contributed by atoms with Gasteiger partial charge in [0.2, 0.25) is 15.9 Å². The van der Waals surface area contributed by atoms with E-state index in [9.17, 15) is 22.8 Å². The number of hydrogen-bond donors (Lipinski definition) is 1. The van der Waals surface area contributed by atoms with Gasteiger partial charge in [0.25, 0.3) is 11.8 Å². The summed E-state index contributed by atoms with van der Waals surface area (Å²) in [5, 5.41) is 5.17. The summed E-state index contributed by atoms with van der Waals surface area (Å²) >= 11 is 0. The minimum atomic E-state index is -3.84. The molecule has 1 heterocycles. The fraction of sp³-hybridized carbons (Fsp3) is 0.222. The van der Waals surface area contributed by atoms with E-state index in [1.54, 1.807) is 60.7 Å². The van der Waals surface area contributed by atoms with Crippen molar-refractivity contribution in [2.24, 2.45) is 5.14 Å². The number of imide groups is 1. The van der Waals surface area contributed by atoms with E-state index >= 15 is 0 Å². The molecule has 3 amide bonds. The Morgan fingerprint density at radius 3 is 2.24 bits per heavy atom. The number of sulfonamides is 1. The van der Waals surface area contributed by atoms with Gasteiger partial charge in [-0.1, -0.05) is 18.2 Å². The largest absolute Gasteiger partial charge is 0.497 e. The fourth-order valence-corrected chi connectivity index (χ4v) is 4.79. The van der Waals surface area contributed by atoms with Gasteiger partial charge in [0.1, 0.15) is 17.5 Å². The summed E-state index contributed by atoms with van der Waals surface area (Å²) in [7, 11) is -0.842. The van der Waals surface area contributed by atoms with Crippen molar-refractivity contribution in [2.45, 2.75) is 23.8 Å². The summed E-state index contributed by atoms with van der Waals surface area (Å²) in [6.45, 7) is 0.102. The first-order valence-electron chi connectivity index (χ1n) is 11.7. The van der Waals surface area contributed by atoms with Crippen LogP contribution in [0.15, 0.2) is 77.7 Å². The molecule has 1 atom stereocenters. The van der Waals surface area contributed by atoms with Crippen LogP contribution in [-0.2, 0) is 26.0 Å². The predicted molar refractivity (Wildman–Crippen MR) is 139 cm³/mol. The van der Waals surface area contributed by atoms with Crippen LogP contribution in [-0.4, -0.2) is 57.8 Å². The van der Waals surface area contributed by atoms with Crippen LogP contribution in [0.2, 0.25) is 0 Å². The molecule has 0 aliphatic carbocycles. The van der Waals surface area contributed by atoms with E-state index in [-0.39, 0.29) is 17.9 Å². The number of ether oxygens (including phenoxy) is 2. The third-order valence-corrected chi connectivity index (χ3v) is 7.23. The summed E-state index contributed by atoms with van der Waals surface area (Å²) in [6, 6.07) is 18.0. The second-order valence-electron chi connectivity index (χ2n) is 8.65. The van der Waals surface area contributed by atoms with Gasteiger partial charge in [0.15, 0.2) is 0 Å². The normalized spacial score (nSPS) is 15.4. The number of carbonyl (C=O) groups is 3. The van der Waals surface area contributed by atoms with Crippen molar-refractivity contribution in [1.29, 1.82) is 0 Å². The molecule has 1 unspecified atom stereocenters. The van der Waals surface area contributed by atoms with Crippen LogP contribution in [0.25, 0.3) is 0 Å². The Morgan fingerprint density at radius 2 is 1.63 bits per heavy atom. The highest BCUT2D eigenvalue weighted by atomic mass is 32.2. The number of hydrogen-bond acceptors (Lipinski definition) is 7. The molecule has 4 rings (SSSR count). The zero-order valence-corrected chi connectivity index (χ0v) is 21.7. The Balaban J connectivity index is 1.63. The van der Waals surface area contributed by atoms with Crippen LogP contribution in [0.3, 0.4) is 0 Å². The highest BCUT2D eigenvalue weighted by Crippen LogP contribution is 2.29. The maximum absolute atomic E-state index is 13.7. The van der Waals surface area contributed by atoms with Gasteiger partial charge in [-0.2, -0.15) is 0 Å². The summed E-state index contributed by atoms with van der Waals surface area (Å²) < 4.78 is 33.5. The van der Waals surface area contributed by atoms with Crippen molar-refractivity contribution in [1.82, 2.24) is 4.90 Å². The first kappa shape index (κ1) is 26.8. The molecule has 1 fully saturated rings. The van der Waals surface area contributed by atoms with E-state index in [0.717, 1.165) is 10.5 Å². The smallest absolute Gasteiger partial charge is 0.257 e. The SMILES string of the molecule is COc1ccc(N2C(=O)CC(N(CCc3ccc(S(N)(=O)=O)cc3)C(=O)c3cccc(OC)c3)C2=O)cc1. The van der Waals surface area contributed by atoms with Crippen molar-refractivity contribution < 1.29 is 32.3 Å². The first-order chi connectivity index (χ1) is 18.1. The third-order valence-electron chi connectivity index (χ3n) is 6.30. The molecule has 1 saturated heterocycles. The minimum absolute atomic E-state index is 0.0303. The quantitative estimate of drug-likeness (QED) is 0.414. The monoisotopic (exact) mass is 537 g/mol. The van der Waals surface area contributed by atoms with Gasteiger partial charge < -0.3 is 14.4 Å². The Hall–Kier alpha value is -4.22. The molecule has 38 heavy (non-hydrogen) atoms. The molecule has 3 aromatic carbocycles. The van der Waals surface area contributed by atoms with E-state index in [2.05, 4.69) is 0 Å². The topological polar surface area (TPSA) is 136 Å². The van der Waals surface area contributed by atoms with E-state index in [1.165, 1.54) is 31.3 Å². The molecular weight excluding hydrogens is 510 g/mol. The first-order valence-corrected chi connectivity index (χ1v) is 13.2. The molecule has 1 aliphatic heterocycles. The second kappa shape index (κ2) is 11.0.